The van der Waals surface area contributed by atoms with Gasteiger partial charge in [0.25, 0.3) is 0 Å². The summed E-state index contributed by atoms with van der Waals surface area (Å²) in [6.07, 6.45) is 0. The first-order chi connectivity index (χ1) is 13.6. The molecule has 0 spiro atoms. The Morgan fingerprint density at radius 2 is 2.00 bits per heavy atom. The van der Waals surface area contributed by atoms with Crippen LogP contribution in [0.2, 0.25) is 0 Å². The Balaban J connectivity index is 1.66. The monoisotopic (exact) mass is 396 g/mol. The van der Waals surface area contributed by atoms with Crippen molar-refractivity contribution < 1.29 is 9.53 Å². The Hall–Kier alpha value is -2.64. The van der Waals surface area contributed by atoms with Gasteiger partial charge in [-0.2, -0.15) is 0 Å². The number of hydrogen-bond acceptors (Lipinski definition) is 5. The molecule has 0 bridgehead atoms. The third-order valence-corrected chi connectivity index (χ3v) is 5.13. The van der Waals surface area contributed by atoms with Crippen LogP contribution >= 0.6 is 11.8 Å². The lowest BCUT2D eigenvalue weighted by Gasteiger charge is -2.09. The number of nitrogens with one attached hydrogen (secondary N) is 1. The van der Waals surface area contributed by atoms with Crippen molar-refractivity contribution >= 4 is 23.4 Å². The van der Waals surface area contributed by atoms with E-state index in [4.69, 9.17) is 4.74 Å². The number of ether oxygens (including phenoxy) is 1. The SMILES string of the molecule is CCn1c(SCC(=O)Nc2cccc(COC)c2)nnc1-c1cccc(C)c1. The number of methoxy groups -OCH3 is 1. The van der Waals surface area contributed by atoms with E-state index in [9.17, 15) is 4.79 Å². The van der Waals surface area contributed by atoms with Gasteiger partial charge in [0.1, 0.15) is 0 Å². The average Bonchev–Trinajstić information content (AvgIpc) is 3.10. The van der Waals surface area contributed by atoms with E-state index in [1.165, 1.54) is 17.3 Å². The highest BCUT2D eigenvalue weighted by Gasteiger charge is 2.15. The van der Waals surface area contributed by atoms with Crippen LogP contribution < -0.4 is 5.32 Å². The molecule has 0 saturated carbocycles. The molecule has 0 aliphatic carbocycles. The van der Waals surface area contributed by atoms with Crippen molar-refractivity contribution in [3.8, 4) is 11.4 Å². The van der Waals surface area contributed by atoms with Crippen LogP contribution in [0.5, 0.6) is 0 Å². The second-order valence-corrected chi connectivity index (χ2v) is 7.33. The molecule has 7 heteroatoms. The fraction of sp³-hybridized carbons (Fsp3) is 0.286. The molecular formula is C21H24N4O2S. The van der Waals surface area contributed by atoms with Crippen LogP contribution in [0, 0.1) is 6.92 Å². The van der Waals surface area contributed by atoms with Gasteiger partial charge in [-0.25, -0.2) is 0 Å². The number of hydrogen-bond donors (Lipinski definition) is 1. The van der Waals surface area contributed by atoms with Gasteiger partial charge in [0.15, 0.2) is 11.0 Å². The number of benzene rings is 2. The maximum absolute atomic E-state index is 12.4. The molecule has 6 nitrogen and oxygen atoms in total. The van der Waals surface area contributed by atoms with Crippen molar-refractivity contribution in [1.82, 2.24) is 14.8 Å². The van der Waals surface area contributed by atoms with Gasteiger partial charge in [-0.05, 0) is 37.6 Å². The molecule has 0 aliphatic rings. The van der Waals surface area contributed by atoms with Crippen LogP contribution in [0.15, 0.2) is 53.7 Å². The predicted molar refractivity (Wildman–Crippen MR) is 112 cm³/mol. The maximum Gasteiger partial charge on any atom is 0.234 e. The molecule has 0 saturated heterocycles. The molecular weight excluding hydrogens is 372 g/mol. The maximum atomic E-state index is 12.4. The minimum absolute atomic E-state index is 0.0812. The van der Waals surface area contributed by atoms with Crippen LogP contribution in [0.1, 0.15) is 18.1 Å². The first kappa shape index (κ1) is 20.1. The minimum atomic E-state index is -0.0812. The molecule has 146 valence electrons. The number of aromatic nitrogens is 3. The van der Waals surface area contributed by atoms with Gasteiger partial charge in [0.05, 0.1) is 12.4 Å². The van der Waals surface area contributed by atoms with Gasteiger partial charge in [0.2, 0.25) is 5.91 Å². The zero-order chi connectivity index (χ0) is 19.9. The summed E-state index contributed by atoms with van der Waals surface area (Å²) in [5, 5.41) is 12.3. The lowest BCUT2D eigenvalue weighted by molar-refractivity contribution is -0.113. The summed E-state index contributed by atoms with van der Waals surface area (Å²) in [5.74, 6) is 1.00. The highest BCUT2D eigenvalue weighted by atomic mass is 32.2. The van der Waals surface area contributed by atoms with Gasteiger partial charge in [-0.3, -0.25) is 4.79 Å². The summed E-state index contributed by atoms with van der Waals surface area (Å²) in [4.78, 5) is 12.4. The average molecular weight is 397 g/mol. The summed E-state index contributed by atoms with van der Waals surface area (Å²) >= 11 is 1.39. The second-order valence-electron chi connectivity index (χ2n) is 6.39. The van der Waals surface area contributed by atoms with Crippen molar-refractivity contribution in [2.45, 2.75) is 32.2 Å². The third-order valence-electron chi connectivity index (χ3n) is 4.16. The zero-order valence-electron chi connectivity index (χ0n) is 16.3. The molecule has 0 aliphatic heterocycles. The first-order valence-corrected chi connectivity index (χ1v) is 10.1. The van der Waals surface area contributed by atoms with E-state index >= 15 is 0 Å². The number of rotatable bonds is 8. The molecule has 0 fully saturated rings. The summed E-state index contributed by atoms with van der Waals surface area (Å²) in [5.41, 5.74) is 3.98. The zero-order valence-corrected chi connectivity index (χ0v) is 17.1. The molecule has 3 aromatic rings. The Morgan fingerprint density at radius 1 is 1.18 bits per heavy atom. The van der Waals surface area contributed by atoms with Crippen LogP contribution in [0.25, 0.3) is 11.4 Å². The van der Waals surface area contributed by atoms with E-state index in [-0.39, 0.29) is 11.7 Å². The Labute approximate surface area is 169 Å². The molecule has 0 unspecified atom stereocenters. The molecule has 1 aromatic heterocycles. The van der Waals surface area contributed by atoms with Crippen molar-refractivity contribution in [1.29, 1.82) is 0 Å². The number of nitrogens with zero attached hydrogens (tertiary/aromatic N) is 3. The van der Waals surface area contributed by atoms with Crippen LogP contribution in [-0.2, 0) is 22.7 Å². The van der Waals surface area contributed by atoms with Gasteiger partial charge < -0.3 is 14.6 Å². The molecule has 0 atom stereocenters. The minimum Gasteiger partial charge on any atom is -0.380 e. The van der Waals surface area contributed by atoms with E-state index in [0.29, 0.717) is 6.61 Å². The number of thioether (sulfide) groups is 1. The molecule has 3 rings (SSSR count). The number of anilines is 1. The number of carbonyl (C=O) groups excluding carboxylic acids is 1. The standard InChI is InChI=1S/C21H24N4O2S/c1-4-25-20(17-9-5-7-15(2)11-17)23-24-21(25)28-14-19(26)22-18-10-6-8-16(12-18)13-27-3/h5-12H,4,13-14H2,1-3H3,(H,22,26). The smallest absolute Gasteiger partial charge is 0.234 e. The second kappa shape index (κ2) is 9.52. The lowest BCUT2D eigenvalue weighted by atomic mass is 10.1. The number of aryl methyl sites for hydroxylation is 1. The fourth-order valence-corrected chi connectivity index (χ4v) is 3.71. The van der Waals surface area contributed by atoms with Gasteiger partial charge >= 0.3 is 0 Å². The lowest BCUT2D eigenvalue weighted by Crippen LogP contribution is -2.14. The molecule has 1 N–H and O–H groups in total. The summed E-state index contributed by atoms with van der Waals surface area (Å²) in [7, 11) is 1.65. The molecule has 2 aromatic carbocycles. The number of amides is 1. The van der Waals surface area contributed by atoms with E-state index in [1.807, 2.05) is 47.9 Å². The van der Waals surface area contributed by atoms with Crippen molar-refractivity contribution in [2.75, 3.05) is 18.2 Å². The van der Waals surface area contributed by atoms with Crippen molar-refractivity contribution in [3.63, 3.8) is 0 Å². The van der Waals surface area contributed by atoms with Crippen molar-refractivity contribution in [2.24, 2.45) is 0 Å². The normalized spacial score (nSPS) is 10.8. The Kier molecular flexibility index (Phi) is 6.84. The fourth-order valence-electron chi connectivity index (χ4n) is 2.91. The van der Waals surface area contributed by atoms with Gasteiger partial charge in [0, 0.05) is 24.9 Å². The predicted octanol–water partition coefficient (Wildman–Crippen LogP) is 4.15. The highest BCUT2D eigenvalue weighted by molar-refractivity contribution is 7.99. The van der Waals surface area contributed by atoms with Gasteiger partial charge in [-0.1, -0.05) is 47.7 Å². The molecule has 1 amide bonds. The Bertz CT molecular complexity index is 955. The Morgan fingerprint density at radius 3 is 2.75 bits per heavy atom. The molecule has 28 heavy (non-hydrogen) atoms. The topological polar surface area (TPSA) is 69.0 Å². The molecule has 0 radical (unpaired) electrons. The van der Waals surface area contributed by atoms with Crippen molar-refractivity contribution in [3.05, 3.63) is 59.7 Å². The summed E-state index contributed by atoms with van der Waals surface area (Å²) in [6.45, 7) is 5.35. The molecule has 1 heterocycles. The largest absolute Gasteiger partial charge is 0.380 e. The van der Waals surface area contributed by atoms with E-state index in [1.54, 1.807) is 7.11 Å². The quantitative estimate of drug-likeness (QED) is 0.579. The highest BCUT2D eigenvalue weighted by Crippen LogP contribution is 2.24. The van der Waals surface area contributed by atoms with E-state index < -0.39 is 0 Å². The van der Waals surface area contributed by atoms with E-state index in [0.717, 1.165) is 34.3 Å². The van der Waals surface area contributed by atoms with Gasteiger partial charge in [-0.15, -0.1) is 10.2 Å². The number of carbonyl (C=O) groups is 1. The first-order valence-electron chi connectivity index (χ1n) is 9.11. The third kappa shape index (κ3) is 4.99. The summed E-state index contributed by atoms with van der Waals surface area (Å²) < 4.78 is 7.16. The summed E-state index contributed by atoms with van der Waals surface area (Å²) in [6, 6.07) is 15.8. The van der Waals surface area contributed by atoms with E-state index in [2.05, 4.69) is 34.6 Å². The van der Waals surface area contributed by atoms with Crippen LogP contribution in [0.3, 0.4) is 0 Å². The van der Waals surface area contributed by atoms with Crippen LogP contribution in [-0.4, -0.2) is 33.5 Å². The van der Waals surface area contributed by atoms with Crippen LogP contribution in [0.4, 0.5) is 5.69 Å².